The minimum atomic E-state index is -0.852. The monoisotopic (exact) mass is 546 g/mol. The summed E-state index contributed by atoms with van der Waals surface area (Å²) in [5.74, 6) is -1.32. The molecule has 1 aliphatic rings. The average molecular weight is 547 g/mol. The summed E-state index contributed by atoms with van der Waals surface area (Å²) in [5, 5.41) is 6.84. The topological polar surface area (TPSA) is 115 Å². The van der Waals surface area contributed by atoms with Crippen LogP contribution in [0.1, 0.15) is 56.3 Å². The zero-order chi connectivity index (χ0) is 28.5. The first-order valence-corrected chi connectivity index (χ1v) is 13.9. The highest BCUT2D eigenvalue weighted by Gasteiger charge is 2.34. The maximum atomic E-state index is 13.7. The molecule has 1 aliphatic heterocycles. The number of benzene rings is 2. The van der Waals surface area contributed by atoms with Crippen molar-refractivity contribution in [2.45, 2.75) is 52.5 Å². The highest BCUT2D eigenvalue weighted by Crippen LogP contribution is 2.32. The third kappa shape index (κ3) is 7.85. The van der Waals surface area contributed by atoms with E-state index in [1.807, 2.05) is 55.5 Å². The minimum absolute atomic E-state index is 0.0629. The van der Waals surface area contributed by atoms with E-state index in [1.165, 1.54) is 5.56 Å². The molecule has 40 heavy (non-hydrogen) atoms. The van der Waals surface area contributed by atoms with Crippen LogP contribution in [0.4, 0.5) is 0 Å². The van der Waals surface area contributed by atoms with Crippen LogP contribution in [0.25, 0.3) is 11.4 Å². The van der Waals surface area contributed by atoms with Gasteiger partial charge in [-0.1, -0.05) is 86.6 Å². The first-order chi connectivity index (χ1) is 19.3. The van der Waals surface area contributed by atoms with Crippen LogP contribution in [0.15, 0.2) is 65.2 Å². The Bertz CT molecular complexity index is 1270. The van der Waals surface area contributed by atoms with Gasteiger partial charge in [0.15, 0.2) is 0 Å². The van der Waals surface area contributed by atoms with E-state index in [1.54, 1.807) is 4.90 Å². The number of hydrogen-bond acceptors (Lipinski definition) is 7. The molecule has 2 atom stereocenters. The number of aromatic nitrogens is 2. The van der Waals surface area contributed by atoms with Crippen LogP contribution in [0.3, 0.4) is 0 Å². The van der Waals surface area contributed by atoms with Gasteiger partial charge < -0.3 is 19.5 Å². The lowest BCUT2D eigenvalue weighted by Crippen LogP contribution is -2.47. The molecule has 1 saturated heterocycles. The van der Waals surface area contributed by atoms with E-state index in [0.717, 1.165) is 12.0 Å². The summed E-state index contributed by atoms with van der Waals surface area (Å²) in [7, 11) is 0. The number of morpholine rings is 1. The van der Waals surface area contributed by atoms with Crippen LogP contribution in [0, 0.1) is 11.3 Å². The molecule has 1 N–H and O–H groups in total. The summed E-state index contributed by atoms with van der Waals surface area (Å²) in [5.41, 5.74) is 1.63. The SMILES string of the molecule is CCC(NC(=O)[C@@H](CC(=O)N1CCOCC1)CC(C)(C)Cc1ccccc1)C(=O)c1nc(-c2ccccc2)no1. The number of nitrogens with one attached hydrogen (secondary N) is 1. The smallest absolute Gasteiger partial charge is 0.296 e. The van der Waals surface area contributed by atoms with Gasteiger partial charge in [0.2, 0.25) is 23.4 Å². The number of Topliss-reactive ketones (excluding diaryl/α,β-unsaturated/α-hetero) is 1. The van der Waals surface area contributed by atoms with Gasteiger partial charge in [-0.25, -0.2) is 0 Å². The van der Waals surface area contributed by atoms with Gasteiger partial charge in [0.1, 0.15) is 0 Å². The lowest BCUT2D eigenvalue weighted by Gasteiger charge is -2.32. The van der Waals surface area contributed by atoms with Crippen molar-refractivity contribution in [1.82, 2.24) is 20.4 Å². The van der Waals surface area contributed by atoms with Gasteiger partial charge in [0.25, 0.3) is 5.89 Å². The Hall–Kier alpha value is -3.85. The van der Waals surface area contributed by atoms with E-state index in [2.05, 4.69) is 41.4 Å². The van der Waals surface area contributed by atoms with Crippen LogP contribution in [0.2, 0.25) is 0 Å². The molecule has 0 spiro atoms. The summed E-state index contributed by atoms with van der Waals surface area (Å²) in [4.78, 5) is 46.2. The number of hydrogen-bond donors (Lipinski definition) is 1. The Kier molecular flexibility index (Phi) is 9.82. The van der Waals surface area contributed by atoms with Crippen LogP contribution in [0.5, 0.6) is 0 Å². The summed E-state index contributed by atoms with van der Waals surface area (Å²) >= 11 is 0. The molecule has 0 aliphatic carbocycles. The van der Waals surface area contributed by atoms with Crippen molar-refractivity contribution in [2.24, 2.45) is 11.3 Å². The number of ether oxygens (including phenoxy) is 1. The number of amides is 2. The molecule has 3 aromatic rings. The molecule has 2 amide bonds. The Labute approximate surface area is 235 Å². The highest BCUT2D eigenvalue weighted by atomic mass is 16.5. The molecule has 0 radical (unpaired) electrons. The van der Waals surface area contributed by atoms with Crippen LogP contribution < -0.4 is 5.32 Å². The zero-order valence-corrected chi connectivity index (χ0v) is 23.5. The van der Waals surface area contributed by atoms with Crippen LogP contribution in [-0.2, 0) is 20.7 Å². The molecular formula is C31H38N4O5. The molecule has 0 saturated carbocycles. The minimum Gasteiger partial charge on any atom is -0.378 e. The summed E-state index contributed by atoms with van der Waals surface area (Å²) < 4.78 is 10.6. The van der Waals surface area contributed by atoms with Crippen molar-refractivity contribution in [3.8, 4) is 11.4 Å². The summed E-state index contributed by atoms with van der Waals surface area (Å²) in [6, 6.07) is 18.5. The lowest BCUT2D eigenvalue weighted by molar-refractivity contribution is -0.140. The molecule has 1 fully saturated rings. The largest absolute Gasteiger partial charge is 0.378 e. The lowest BCUT2D eigenvalue weighted by atomic mass is 9.76. The molecule has 1 unspecified atom stereocenters. The van der Waals surface area contributed by atoms with Gasteiger partial charge in [0.05, 0.1) is 19.3 Å². The van der Waals surface area contributed by atoms with E-state index >= 15 is 0 Å². The van der Waals surface area contributed by atoms with Gasteiger partial charge in [-0.05, 0) is 30.2 Å². The number of nitrogens with zero attached hydrogens (tertiary/aromatic N) is 3. The van der Waals surface area contributed by atoms with Crippen molar-refractivity contribution in [2.75, 3.05) is 26.3 Å². The van der Waals surface area contributed by atoms with Crippen LogP contribution >= 0.6 is 0 Å². The molecule has 2 aromatic carbocycles. The second kappa shape index (κ2) is 13.5. The first kappa shape index (κ1) is 29.1. The number of carbonyl (C=O) groups excluding carboxylic acids is 3. The zero-order valence-electron chi connectivity index (χ0n) is 23.5. The normalized spacial score (nSPS) is 15.3. The van der Waals surface area contributed by atoms with Gasteiger partial charge in [-0.2, -0.15) is 4.98 Å². The molecule has 2 heterocycles. The van der Waals surface area contributed by atoms with Gasteiger partial charge >= 0.3 is 0 Å². The Morgan fingerprint density at radius 1 is 1.00 bits per heavy atom. The van der Waals surface area contributed by atoms with Crippen molar-refractivity contribution in [3.63, 3.8) is 0 Å². The fraction of sp³-hybridized carbons (Fsp3) is 0.452. The Balaban J connectivity index is 1.48. The van der Waals surface area contributed by atoms with Gasteiger partial charge in [0, 0.05) is 31.0 Å². The van der Waals surface area contributed by atoms with Gasteiger partial charge in [-0.15, -0.1) is 0 Å². The third-order valence-corrected chi connectivity index (χ3v) is 7.19. The molecular weight excluding hydrogens is 508 g/mol. The molecule has 4 rings (SSSR count). The maximum Gasteiger partial charge on any atom is 0.296 e. The van der Waals surface area contributed by atoms with E-state index in [0.29, 0.717) is 45.0 Å². The second-order valence-electron chi connectivity index (χ2n) is 11.0. The predicted octanol–water partition coefficient (Wildman–Crippen LogP) is 4.34. The molecule has 9 heteroatoms. The number of ketones is 1. The predicted molar refractivity (Wildman–Crippen MR) is 150 cm³/mol. The van der Waals surface area contributed by atoms with E-state index in [4.69, 9.17) is 9.26 Å². The Morgan fingerprint density at radius 3 is 2.30 bits per heavy atom. The standard InChI is InChI=1S/C31H38N4O5/c1-4-25(27(37)30-33-28(34-40-30)23-13-9-6-10-14-23)32-29(38)24(19-26(36)35-15-17-39-18-16-35)21-31(2,3)20-22-11-7-5-8-12-22/h5-14,24-25H,4,15-21H2,1-3H3,(H,32,38)/t24-,25?/m0/s1. The Morgan fingerprint density at radius 2 is 1.65 bits per heavy atom. The summed E-state index contributed by atoms with van der Waals surface area (Å²) in [6.07, 6.45) is 1.63. The fourth-order valence-corrected chi connectivity index (χ4v) is 5.12. The highest BCUT2D eigenvalue weighted by molar-refractivity contribution is 5.99. The maximum absolute atomic E-state index is 13.7. The van der Waals surface area contributed by atoms with Gasteiger partial charge in [-0.3, -0.25) is 14.4 Å². The quantitative estimate of drug-likeness (QED) is 0.336. The molecule has 212 valence electrons. The van der Waals surface area contributed by atoms with E-state index < -0.39 is 17.7 Å². The van der Waals surface area contributed by atoms with E-state index in [-0.39, 0.29) is 29.5 Å². The average Bonchev–Trinajstić information content (AvgIpc) is 3.47. The first-order valence-electron chi connectivity index (χ1n) is 13.9. The molecule has 0 bridgehead atoms. The van der Waals surface area contributed by atoms with Crippen molar-refractivity contribution >= 4 is 17.6 Å². The third-order valence-electron chi connectivity index (χ3n) is 7.19. The molecule has 9 nitrogen and oxygen atoms in total. The van der Waals surface area contributed by atoms with Crippen LogP contribution in [-0.4, -0.2) is 65.0 Å². The number of rotatable bonds is 12. The fourth-order valence-electron chi connectivity index (χ4n) is 5.12. The van der Waals surface area contributed by atoms with Crippen molar-refractivity contribution in [3.05, 3.63) is 72.1 Å². The number of carbonyl (C=O) groups is 3. The van der Waals surface area contributed by atoms with E-state index in [9.17, 15) is 14.4 Å². The van der Waals surface area contributed by atoms with Crippen molar-refractivity contribution < 1.29 is 23.6 Å². The molecule has 1 aromatic heterocycles. The summed E-state index contributed by atoms with van der Waals surface area (Å²) in [6.45, 7) is 8.02. The van der Waals surface area contributed by atoms with Crippen molar-refractivity contribution in [1.29, 1.82) is 0 Å². The second-order valence-corrected chi connectivity index (χ2v) is 11.0.